The summed E-state index contributed by atoms with van der Waals surface area (Å²) in [4.78, 5) is 42.7. The van der Waals surface area contributed by atoms with Gasteiger partial charge in [0.25, 0.3) is 5.91 Å². The zero-order valence-electron chi connectivity index (χ0n) is 16.5. The Morgan fingerprint density at radius 1 is 1.20 bits per heavy atom. The van der Waals surface area contributed by atoms with Crippen molar-refractivity contribution in [2.45, 2.75) is 32.4 Å². The molecule has 152 valence electrons. The van der Waals surface area contributed by atoms with Gasteiger partial charge in [-0.25, -0.2) is 4.98 Å². The number of aryl methyl sites for hydroxylation is 2. The number of hydrogen-bond donors (Lipinski definition) is 1. The molecule has 4 heterocycles. The van der Waals surface area contributed by atoms with Crippen molar-refractivity contribution < 1.29 is 18.9 Å². The second kappa shape index (κ2) is 6.65. The Balaban J connectivity index is 1.50. The minimum atomic E-state index is -0.629. The number of carbonyl (C=O) groups is 3. The van der Waals surface area contributed by atoms with Crippen LogP contribution in [-0.4, -0.2) is 43.4 Å². The Kier molecular flexibility index (Phi) is 4.05. The van der Waals surface area contributed by atoms with Crippen LogP contribution in [0.4, 0.5) is 0 Å². The zero-order valence-corrected chi connectivity index (χ0v) is 16.5. The van der Waals surface area contributed by atoms with Gasteiger partial charge >= 0.3 is 0 Å². The molecule has 9 nitrogen and oxygen atoms in total. The first-order chi connectivity index (χ1) is 14.4. The van der Waals surface area contributed by atoms with Gasteiger partial charge in [-0.3, -0.25) is 19.7 Å². The molecule has 0 saturated carbocycles. The molecule has 5 rings (SSSR count). The maximum atomic E-state index is 12.9. The number of benzene rings is 1. The molecule has 30 heavy (non-hydrogen) atoms. The lowest BCUT2D eigenvalue weighted by atomic mass is 10.0. The Hall–Kier alpha value is -3.75. The summed E-state index contributed by atoms with van der Waals surface area (Å²) in [5, 5.41) is 6.19. The van der Waals surface area contributed by atoms with Crippen LogP contribution in [0.3, 0.4) is 0 Å². The maximum Gasteiger partial charge on any atom is 0.255 e. The average Bonchev–Trinajstić information content (AvgIpc) is 3.39. The predicted molar refractivity (Wildman–Crippen MR) is 105 cm³/mol. The molecular weight excluding hydrogens is 386 g/mol. The molecule has 1 saturated heterocycles. The smallest absolute Gasteiger partial charge is 0.255 e. The topological polar surface area (TPSA) is 110 Å². The molecular formula is C21H19N5O4. The van der Waals surface area contributed by atoms with Crippen molar-refractivity contribution in [1.82, 2.24) is 24.9 Å². The predicted octanol–water partition coefficient (Wildman–Crippen LogP) is 1.81. The highest BCUT2D eigenvalue weighted by Crippen LogP contribution is 2.35. The van der Waals surface area contributed by atoms with Crippen LogP contribution in [0.1, 0.15) is 34.5 Å². The van der Waals surface area contributed by atoms with Crippen LogP contribution in [0, 0.1) is 6.92 Å². The van der Waals surface area contributed by atoms with Crippen molar-refractivity contribution in [2.24, 2.45) is 7.05 Å². The van der Waals surface area contributed by atoms with E-state index in [1.807, 2.05) is 30.7 Å². The summed E-state index contributed by atoms with van der Waals surface area (Å²) in [7, 11) is 1.90. The van der Waals surface area contributed by atoms with E-state index in [0.717, 1.165) is 28.1 Å². The Bertz CT molecular complexity index is 1210. The van der Waals surface area contributed by atoms with E-state index in [2.05, 4.69) is 15.5 Å². The van der Waals surface area contributed by atoms with E-state index in [-0.39, 0.29) is 18.2 Å². The largest absolute Gasteiger partial charge is 0.361 e. The van der Waals surface area contributed by atoms with Crippen LogP contribution in [0.15, 0.2) is 35.2 Å². The van der Waals surface area contributed by atoms with E-state index < -0.39 is 11.9 Å². The fourth-order valence-electron chi connectivity index (χ4n) is 4.21. The number of nitrogens with one attached hydrogen (secondary N) is 1. The number of nitrogens with zero attached hydrogens (tertiary/aromatic N) is 4. The monoisotopic (exact) mass is 405 g/mol. The third-order valence-corrected chi connectivity index (χ3v) is 5.74. The van der Waals surface area contributed by atoms with E-state index in [9.17, 15) is 14.4 Å². The quantitative estimate of drug-likeness (QED) is 0.666. The Morgan fingerprint density at radius 2 is 2.03 bits per heavy atom. The fourth-order valence-corrected chi connectivity index (χ4v) is 4.21. The molecule has 1 atom stereocenters. The van der Waals surface area contributed by atoms with Gasteiger partial charge < -0.3 is 14.0 Å². The zero-order chi connectivity index (χ0) is 21.0. The first kappa shape index (κ1) is 18.3. The Morgan fingerprint density at radius 3 is 2.77 bits per heavy atom. The normalized spacial score (nSPS) is 18.7. The molecule has 0 radical (unpaired) electrons. The van der Waals surface area contributed by atoms with Crippen LogP contribution < -0.4 is 5.32 Å². The number of amides is 3. The number of imidazole rings is 1. The molecule has 2 aromatic heterocycles. The minimum absolute atomic E-state index is 0.192. The molecule has 1 N–H and O–H groups in total. The molecule has 2 aliphatic rings. The molecule has 9 heteroatoms. The summed E-state index contributed by atoms with van der Waals surface area (Å²) < 4.78 is 7.12. The number of imide groups is 1. The molecule has 1 aromatic carbocycles. The number of piperidine rings is 1. The van der Waals surface area contributed by atoms with Gasteiger partial charge in [-0.1, -0.05) is 11.2 Å². The van der Waals surface area contributed by atoms with Crippen LogP contribution in [-0.2, 0) is 23.2 Å². The average molecular weight is 405 g/mol. The van der Waals surface area contributed by atoms with Crippen LogP contribution in [0.2, 0.25) is 0 Å². The third kappa shape index (κ3) is 2.73. The summed E-state index contributed by atoms with van der Waals surface area (Å²) in [6.45, 7) is 2.17. The van der Waals surface area contributed by atoms with Gasteiger partial charge in [0.1, 0.15) is 11.8 Å². The maximum absolute atomic E-state index is 12.9. The van der Waals surface area contributed by atoms with Gasteiger partial charge in [0.05, 0.1) is 29.5 Å². The molecule has 2 aliphatic heterocycles. The number of aromatic nitrogens is 3. The lowest BCUT2D eigenvalue weighted by Crippen LogP contribution is -2.52. The molecule has 1 fully saturated rings. The highest BCUT2D eigenvalue weighted by molar-refractivity contribution is 6.05. The van der Waals surface area contributed by atoms with Crippen molar-refractivity contribution in [1.29, 1.82) is 0 Å². The van der Waals surface area contributed by atoms with E-state index in [0.29, 0.717) is 24.3 Å². The van der Waals surface area contributed by atoms with E-state index in [4.69, 9.17) is 4.52 Å². The van der Waals surface area contributed by atoms with Gasteiger partial charge in [0, 0.05) is 31.1 Å². The summed E-state index contributed by atoms with van der Waals surface area (Å²) in [6.07, 6.45) is 3.97. The molecule has 0 aliphatic carbocycles. The molecule has 3 aromatic rings. The van der Waals surface area contributed by atoms with Crippen molar-refractivity contribution >= 4 is 17.7 Å². The van der Waals surface area contributed by atoms with Crippen LogP contribution in [0.5, 0.6) is 0 Å². The second-order valence-corrected chi connectivity index (χ2v) is 7.62. The van der Waals surface area contributed by atoms with Gasteiger partial charge in [-0.2, -0.15) is 0 Å². The standard InChI is InChI=1S/C21H19N5O4/c1-11-15(8-23-30-11)19-18(22-10-25(19)2)12-3-4-14-13(7-12)9-26(21(14)29)16-5-6-17(27)24-20(16)28/h3-4,7-8,10,16H,5-6,9H2,1-2H3,(H,24,27,28)/t16-/m0/s1. The molecule has 0 spiro atoms. The minimum Gasteiger partial charge on any atom is -0.361 e. The van der Waals surface area contributed by atoms with Gasteiger partial charge in [-0.15, -0.1) is 0 Å². The van der Waals surface area contributed by atoms with Gasteiger partial charge in [0.15, 0.2) is 0 Å². The molecule has 3 amide bonds. The summed E-state index contributed by atoms with van der Waals surface area (Å²) in [5.41, 5.74) is 4.76. The molecule has 0 unspecified atom stereocenters. The lowest BCUT2D eigenvalue weighted by molar-refractivity contribution is -0.136. The van der Waals surface area contributed by atoms with Crippen LogP contribution in [0.25, 0.3) is 22.5 Å². The Labute approximate surface area is 171 Å². The number of carbonyl (C=O) groups excluding carboxylic acids is 3. The van der Waals surface area contributed by atoms with Crippen molar-refractivity contribution in [3.8, 4) is 22.5 Å². The van der Waals surface area contributed by atoms with E-state index in [1.54, 1.807) is 23.5 Å². The third-order valence-electron chi connectivity index (χ3n) is 5.74. The van der Waals surface area contributed by atoms with Crippen molar-refractivity contribution in [2.75, 3.05) is 0 Å². The number of fused-ring (bicyclic) bond motifs is 1. The summed E-state index contributed by atoms with van der Waals surface area (Å²) in [6, 6.07) is 4.95. The van der Waals surface area contributed by atoms with Gasteiger partial charge in [0.2, 0.25) is 11.8 Å². The first-order valence-corrected chi connectivity index (χ1v) is 9.65. The highest BCUT2D eigenvalue weighted by Gasteiger charge is 2.39. The highest BCUT2D eigenvalue weighted by atomic mass is 16.5. The number of hydrogen-bond acceptors (Lipinski definition) is 6. The second-order valence-electron chi connectivity index (χ2n) is 7.62. The summed E-state index contributed by atoms with van der Waals surface area (Å²) in [5.74, 6) is -0.209. The lowest BCUT2D eigenvalue weighted by Gasteiger charge is -2.29. The van der Waals surface area contributed by atoms with E-state index in [1.165, 1.54) is 0 Å². The SMILES string of the molecule is Cc1oncc1-c1c(-c2ccc3c(c2)CN([C@H]2CCC(=O)NC2=O)C3=O)ncn1C. The van der Waals surface area contributed by atoms with Crippen molar-refractivity contribution in [3.63, 3.8) is 0 Å². The number of rotatable bonds is 3. The van der Waals surface area contributed by atoms with Crippen LogP contribution >= 0.6 is 0 Å². The fraction of sp³-hybridized carbons (Fsp3) is 0.286. The van der Waals surface area contributed by atoms with Crippen molar-refractivity contribution in [3.05, 3.63) is 47.6 Å². The first-order valence-electron chi connectivity index (χ1n) is 9.65. The summed E-state index contributed by atoms with van der Waals surface area (Å²) >= 11 is 0. The van der Waals surface area contributed by atoms with E-state index >= 15 is 0 Å². The molecule has 0 bridgehead atoms. The van der Waals surface area contributed by atoms with Gasteiger partial charge in [-0.05, 0) is 31.0 Å².